The minimum absolute atomic E-state index is 0.00280. The lowest BCUT2D eigenvalue weighted by molar-refractivity contribution is -0.564. The van der Waals surface area contributed by atoms with Crippen molar-refractivity contribution in [2.75, 3.05) is 4.83 Å². The Bertz CT molecular complexity index is 789. The highest BCUT2D eigenvalue weighted by atomic mass is 32.2. The molecule has 0 spiro atoms. The van der Waals surface area contributed by atoms with Crippen LogP contribution in [0, 0.1) is 10.1 Å². The molecule has 1 aromatic carbocycles. The van der Waals surface area contributed by atoms with Gasteiger partial charge in [-0.2, -0.15) is 8.42 Å². The van der Waals surface area contributed by atoms with Gasteiger partial charge in [-0.25, -0.2) is 0 Å². The molecule has 0 amide bonds. The third-order valence-corrected chi connectivity index (χ3v) is 6.03. The van der Waals surface area contributed by atoms with Crippen molar-refractivity contribution in [2.45, 2.75) is 30.6 Å². The van der Waals surface area contributed by atoms with Crippen molar-refractivity contribution in [3.8, 4) is 0 Å². The summed E-state index contributed by atoms with van der Waals surface area (Å²) < 4.78 is 26.1. The van der Waals surface area contributed by atoms with Crippen LogP contribution in [0.15, 0.2) is 35.4 Å². The van der Waals surface area contributed by atoms with Crippen molar-refractivity contribution in [1.82, 2.24) is 0 Å². The van der Waals surface area contributed by atoms with Gasteiger partial charge in [-0.1, -0.05) is 4.83 Å². The van der Waals surface area contributed by atoms with Gasteiger partial charge in [0.05, 0.1) is 14.7 Å². The van der Waals surface area contributed by atoms with E-state index in [1.165, 1.54) is 50.3 Å². The van der Waals surface area contributed by atoms with Gasteiger partial charge in [0.2, 0.25) is 6.20 Å². The number of hydrogen-bond acceptors (Lipinski definition) is 5. The van der Waals surface area contributed by atoms with Crippen LogP contribution in [-0.2, 0) is 22.9 Å². The molecule has 0 fully saturated rings. The van der Waals surface area contributed by atoms with Crippen LogP contribution in [0.2, 0.25) is 0 Å². The number of nitro groups is 1. The van der Waals surface area contributed by atoms with Crippen LogP contribution in [0.3, 0.4) is 0 Å². The highest BCUT2D eigenvalue weighted by Gasteiger charge is 2.25. The van der Waals surface area contributed by atoms with E-state index in [1.807, 2.05) is 6.20 Å². The van der Waals surface area contributed by atoms with E-state index in [0.29, 0.717) is 0 Å². The molecular weight excluding hydrogens is 326 g/mol. The van der Waals surface area contributed by atoms with E-state index in [1.54, 1.807) is 0 Å². The molecular formula is C13H14N3O4S2+. The third-order valence-electron chi connectivity index (χ3n) is 3.51. The molecule has 0 saturated carbocycles. The fourth-order valence-corrected chi connectivity index (χ4v) is 4.65. The number of sulfonamides is 1. The standard InChI is InChI=1S/C13H14N3O4S2/c17-16(18)11-5-7-12(8-6-11)22(19,20)14-15-9-10-3-1-2-4-13(10)21-15/h5-9,14H,1-4H2/q+1. The first-order valence-electron chi connectivity index (χ1n) is 6.77. The van der Waals surface area contributed by atoms with Gasteiger partial charge in [-0.15, -0.1) is 0 Å². The number of fused-ring (bicyclic) bond motifs is 1. The summed E-state index contributed by atoms with van der Waals surface area (Å²) in [5, 5.41) is 10.6. The monoisotopic (exact) mass is 340 g/mol. The largest absolute Gasteiger partial charge is 0.307 e. The van der Waals surface area contributed by atoms with E-state index in [9.17, 15) is 18.5 Å². The lowest BCUT2D eigenvalue weighted by Gasteiger charge is -2.04. The van der Waals surface area contributed by atoms with E-state index < -0.39 is 14.9 Å². The van der Waals surface area contributed by atoms with Crippen molar-refractivity contribution >= 4 is 27.2 Å². The SMILES string of the molecule is O=[N+]([O-])c1ccc(S(=O)(=O)N[n+]2cc3c(s2)CCCC3)cc1. The van der Waals surface area contributed by atoms with Crippen LogP contribution < -0.4 is 8.90 Å². The average molecular weight is 340 g/mol. The van der Waals surface area contributed by atoms with Crippen LogP contribution in [-0.4, -0.2) is 13.3 Å². The lowest BCUT2D eigenvalue weighted by atomic mass is 10.0. The van der Waals surface area contributed by atoms with E-state index in [-0.39, 0.29) is 10.6 Å². The Morgan fingerprint density at radius 1 is 1.18 bits per heavy atom. The molecule has 0 radical (unpaired) electrons. The number of non-ortho nitro benzene ring substituents is 1. The van der Waals surface area contributed by atoms with Gasteiger partial charge in [0.15, 0.2) is 11.5 Å². The Labute approximate surface area is 131 Å². The van der Waals surface area contributed by atoms with E-state index in [0.717, 1.165) is 25.7 Å². The number of nitrogens with zero attached hydrogens (tertiary/aromatic N) is 2. The summed E-state index contributed by atoms with van der Waals surface area (Å²) in [6.45, 7) is 0. The summed E-state index contributed by atoms with van der Waals surface area (Å²) in [4.78, 5) is 13.7. The van der Waals surface area contributed by atoms with Crippen molar-refractivity contribution in [3.05, 3.63) is 51.0 Å². The number of hydrogen-bond donors (Lipinski definition) is 1. The quantitative estimate of drug-likeness (QED) is 0.521. The molecule has 0 atom stereocenters. The second-order valence-corrected chi connectivity index (χ2v) is 7.78. The van der Waals surface area contributed by atoms with Gasteiger partial charge >= 0.3 is 10.0 Å². The number of aryl methyl sites for hydroxylation is 2. The van der Waals surface area contributed by atoms with E-state index >= 15 is 0 Å². The van der Waals surface area contributed by atoms with Gasteiger partial charge in [0.25, 0.3) is 5.69 Å². The molecule has 9 heteroatoms. The molecule has 3 rings (SSSR count). The summed E-state index contributed by atoms with van der Waals surface area (Å²) in [7, 11) is -3.75. The minimum atomic E-state index is -3.75. The zero-order valence-electron chi connectivity index (χ0n) is 11.6. The van der Waals surface area contributed by atoms with E-state index in [4.69, 9.17) is 0 Å². The Morgan fingerprint density at radius 2 is 1.86 bits per heavy atom. The maximum absolute atomic E-state index is 12.3. The average Bonchev–Trinajstić information content (AvgIpc) is 2.88. The maximum Gasteiger partial charge on any atom is 0.307 e. The summed E-state index contributed by atoms with van der Waals surface area (Å²) in [6.07, 6.45) is 6.01. The first-order chi connectivity index (χ1) is 10.5. The van der Waals surface area contributed by atoms with Crippen molar-refractivity contribution in [3.63, 3.8) is 0 Å². The summed E-state index contributed by atoms with van der Waals surface area (Å²) in [5.41, 5.74) is 1.04. The molecule has 22 heavy (non-hydrogen) atoms. The van der Waals surface area contributed by atoms with Crippen LogP contribution in [0.4, 0.5) is 5.69 Å². The molecule has 1 aromatic heterocycles. The number of aromatic nitrogens is 1. The molecule has 0 unspecified atom stereocenters. The van der Waals surface area contributed by atoms with Gasteiger partial charge < -0.3 is 0 Å². The first kappa shape index (κ1) is 14.9. The molecule has 0 aliphatic heterocycles. The van der Waals surface area contributed by atoms with Crippen molar-refractivity contribution in [1.29, 1.82) is 0 Å². The molecule has 1 N–H and O–H groups in total. The molecule has 0 bridgehead atoms. The smallest absolute Gasteiger partial charge is 0.258 e. The number of rotatable bonds is 4. The first-order valence-corrected chi connectivity index (χ1v) is 9.02. The van der Waals surface area contributed by atoms with Crippen LogP contribution in [0.25, 0.3) is 0 Å². The second kappa shape index (κ2) is 5.65. The Hall–Kier alpha value is -2.00. The number of benzene rings is 1. The molecule has 1 aliphatic rings. The van der Waals surface area contributed by atoms with Gasteiger partial charge in [-0.05, 0) is 41.9 Å². The Balaban J connectivity index is 1.83. The highest BCUT2D eigenvalue weighted by molar-refractivity contribution is 7.92. The predicted molar refractivity (Wildman–Crippen MR) is 80.8 cm³/mol. The Morgan fingerprint density at radius 3 is 2.50 bits per heavy atom. The highest BCUT2D eigenvalue weighted by Crippen LogP contribution is 2.23. The molecule has 1 heterocycles. The van der Waals surface area contributed by atoms with Crippen molar-refractivity contribution in [2.24, 2.45) is 0 Å². The minimum Gasteiger partial charge on any atom is -0.258 e. The van der Waals surface area contributed by atoms with Crippen LogP contribution in [0.5, 0.6) is 0 Å². The fourth-order valence-electron chi connectivity index (χ4n) is 2.39. The number of nitro benzene ring substituents is 1. The van der Waals surface area contributed by atoms with Crippen LogP contribution >= 0.6 is 11.5 Å². The third kappa shape index (κ3) is 2.95. The predicted octanol–water partition coefficient (Wildman–Crippen LogP) is 1.75. The summed E-state index contributed by atoms with van der Waals surface area (Å²) in [5.74, 6) is 0. The topological polar surface area (TPSA) is 93.2 Å². The molecule has 7 nitrogen and oxygen atoms in total. The maximum atomic E-state index is 12.3. The van der Waals surface area contributed by atoms with Crippen molar-refractivity contribution < 1.29 is 17.4 Å². The zero-order chi connectivity index (χ0) is 15.7. The molecule has 116 valence electrons. The normalized spacial score (nSPS) is 14.4. The number of nitrogens with one attached hydrogen (secondary N) is 1. The second-order valence-electron chi connectivity index (χ2n) is 5.05. The van der Waals surface area contributed by atoms with Gasteiger partial charge in [0, 0.05) is 17.7 Å². The van der Waals surface area contributed by atoms with Gasteiger partial charge in [-0.3, -0.25) is 10.1 Å². The fraction of sp³-hybridized carbons (Fsp3) is 0.308. The molecule has 1 aliphatic carbocycles. The zero-order valence-corrected chi connectivity index (χ0v) is 13.2. The summed E-state index contributed by atoms with van der Waals surface area (Å²) in [6, 6.07) is 4.82. The molecule has 0 saturated heterocycles. The van der Waals surface area contributed by atoms with E-state index in [2.05, 4.69) is 4.83 Å². The van der Waals surface area contributed by atoms with Gasteiger partial charge in [0.1, 0.15) is 0 Å². The summed E-state index contributed by atoms with van der Waals surface area (Å²) >= 11 is 1.38. The van der Waals surface area contributed by atoms with Crippen LogP contribution in [0.1, 0.15) is 23.3 Å². The molecule has 2 aromatic rings. The Kier molecular flexibility index (Phi) is 3.83. The lowest BCUT2D eigenvalue weighted by Crippen LogP contribution is -2.44.